The summed E-state index contributed by atoms with van der Waals surface area (Å²) in [6.45, 7) is 0. The van der Waals surface area contributed by atoms with Crippen molar-refractivity contribution in [3.63, 3.8) is 0 Å². The quantitative estimate of drug-likeness (QED) is 0.540. The Labute approximate surface area is 74.5 Å². The first-order valence-corrected chi connectivity index (χ1v) is 5.37. The van der Waals surface area contributed by atoms with Gasteiger partial charge in [0.05, 0.1) is 0 Å². The van der Waals surface area contributed by atoms with Crippen LogP contribution in [0.1, 0.15) is 57.8 Å². The van der Waals surface area contributed by atoms with Crippen LogP contribution in [-0.4, -0.2) is 5.78 Å². The van der Waals surface area contributed by atoms with E-state index in [-0.39, 0.29) is 5.41 Å². The molecule has 0 aliphatic heterocycles. The summed E-state index contributed by atoms with van der Waals surface area (Å²) >= 11 is 0. The third-order valence-electron chi connectivity index (χ3n) is 3.71. The van der Waals surface area contributed by atoms with Gasteiger partial charge in [0.1, 0.15) is 5.78 Å². The van der Waals surface area contributed by atoms with Gasteiger partial charge in [-0.1, -0.05) is 25.7 Å². The van der Waals surface area contributed by atoms with Crippen molar-refractivity contribution in [3.05, 3.63) is 0 Å². The summed E-state index contributed by atoms with van der Waals surface area (Å²) in [5.41, 5.74) is 0.177. The van der Waals surface area contributed by atoms with Crippen LogP contribution in [0.2, 0.25) is 0 Å². The zero-order chi connectivity index (χ0) is 8.44. The fraction of sp³-hybridized carbons (Fsp3) is 0.909. The molecule has 0 aromatic heterocycles. The fourth-order valence-corrected chi connectivity index (χ4v) is 2.91. The summed E-state index contributed by atoms with van der Waals surface area (Å²) < 4.78 is 0. The number of ketones is 1. The van der Waals surface area contributed by atoms with Crippen LogP contribution in [-0.2, 0) is 4.79 Å². The van der Waals surface area contributed by atoms with Gasteiger partial charge < -0.3 is 0 Å². The molecule has 0 N–H and O–H groups in total. The van der Waals surface area contributed by atoms with Crippen molar-refractivity contribution in [2.45, 2.75) is 57.8 Å². The maximum Gasteiger partial charge on any atom is 0.139 e. The highest BCUT2D eigenvalue weighted by Crippen LogP contribution is 2.45. The maximum absolute atomic E-state index is 11.8. The summed E-state index contributed by atoms with van der Waals surface area (Å²) in [5.74, 6) is 0.595. The summed E-state index contributed by atoms with van der Waals surface area (Å²) in [5, 5.41) is 0. The highest BCUT2D eigenvalue weighted by molar-refractivity contribution is 5.85. The maximum atomic E-state index is 11.8. The number of rotatable bonds is 0. The molecule has 1 spiro atoms. The molecule has 12 heavy (non-hydrogen) atoms. The molecule has 0 bridgehead atoms. The molecular formula is C11H18O. The molecule has 1 heteroatoms. The van der Waals surface area contributed by atoms with Crippen molar-refractivity contribution in [3.8, 4) is 0 Å². The van der Waals surface area contributed by atoms with Crippen LogP contribution in [0.4, 0.5) is 0 Å². The van der Waals surface area contributed by atoms with Crippen LogP contribution in [0, 0.1) is 5.41 Å². The van der Waals surface area contributed by atoms with Crippen molar-refractivity contribution in [2.75, 3.05) is 0 Å². The van der Waals surface area contributed by atoms with Gasteiger partial charge in [0.2, 0.25) is 0 Å². The molecule has 0 saturated heterocycles. The minimum Gasteiger partial charge on any atom is -0.299 e. The Hall–Kier alpha value is -0.330. The Kier molecular flexibility index (Phi) is 2.20. The largest absolute Gasteiger partial charge is 0.299 e. The second-order valence-corrected chi connectivity index (χ2v) is 4.47. The second kappa shape index (κ2) is 3.20. The molecule has 2 aliphatic rings. The smallest absolute Gasteiger partial charge is 0.139 e. The van der Waals surface area contributed by atoms with Crippen molar-refractivity contribution in [2.24, 2.45) is 5.41 Å². The standard InChI is InChI=1S/C11H18O/c12-10-6-2-1-3-7-11(10)8-4-5-9-11/h1-9H2. The molecule has 0 atom stereocenters. The zero-order valence-electron chi connectivity index (χ0n) is 7.77. The van der Waals surface area contributed by atoms with E-state index in [4.69, 9.17) is 0 Å². The molecule has 0 aromatic rings. The van der Waals surface area contributed by atoms with Crippen LogP contribution in [0.25, 0.3) is 0 Å². The Bertz CT molecular complexity index is 177. The normalized spacial score (nSPS) is 29.2. The summed E-state index contributed by atoms with van der Waals surface area (Å²) in [4.78, 5) is 11.8. The molecule has 0 heterocycles. The van der Waals surface area contributed by atoms with Crippen molar-refractivity contribution >= 4 is 5.78 Å². The predicted octanol–water partition coefficient (Wildman–Crippen LogP) is 3.08. The summed E-state index contributed by atoms with van der Waals surface area (Å²) in [7, 11) is 0. The minimum atomic E-state index is 0.177. The van der Waals surface area contributed by atoms with Crippen LogP contribution >= 0.6 is 0 Å². The predicted molar refractivity (Wildman–Crippen MR) is 49.0 cm³/mol. The molecule has 0 aromatic carbocycles. The van der Waals surface area contributed by atoms with Crippen LogP contribution < -0.4 is 0 Å². The van der Waals surface area contributed by atoms with E-state index in [1.165, 1.54) is 44.9 Å². The highest BCUT2D eigenvalue weighted by atomic mass is 16.1. The van der Waals surface area contributed by atoms with E-state index < -0.39 is 0 Å². The molecule has 0 unspecified atom stereocenters. The number of Topliss-reactive ketones (excluding diaryl/α,β-unsaturated/α-hetero) is 1. The van der Waals surface area contributed by atoms with Gasteiger partial charge in [-0.3, -0.25) is 4.79 Å². The van der Waals surface area contributed by atoms with Gasteiger partial charge in [-0.25, -0.2) is 0 Å². The third-order valence-corrected chi connectivity index (χ3v) is 3.71. The Morgan fingerprint density at radius 2 is 1.42 bits per heavy atom. The number of carbonyl (C=O) groups is 1. The van der Waals surface area contributed by atoms with E-state index in [1.54, 1.807) is 0 Å². The highest BCUT2D eigenvalue weighted by Gasteiger charge is 2.40. The van der Waals surface area contributed by atoms with Gasteiger partial charge >= 0.3 is 0 Å². The second-order valence-electron chi connectivity index (χ2n) is 4.47. The first-order valence-electron chi connectivity index (χ1n) is 5.37. The van der Waals surface area contributed by atoms with E-state index in [1.807, 2.05) is 0 Å². The van der Waals surface area contributed by atoms with Crippen molar-refractivity contribution in [1.82, 2.24) is 0 Å². The van der Waals surface area contributed by atoms with Crippen molar-refractivity contribution < 1.29 is 4.79 Å². The number of hydrogen-bond donors (Lipinski definition) is 0. The van der Waals surface area contributed by atoms with E-state index in [9.17, 15) is 4.79 Å². The molecular weight excluding hydrogens is 148 g/mol. The Morgan fingerprint density at radius 3 is 2.08 bits per heavy atom. The molecule has 68 valence electrons. The average molecular weight is 166 g/mol. The average Bonchev–Trinajstić information content (AvgIpc) is 2.45. The molecule has 2 saturated carbocycles. The van der Waals surface area contributed by atoms with E-state index >= 15 is 0 Å². The van der Waals surface area contributed by atoms with Gasteiger partial charge in [-0.05, 0) is 25.7 Å². The minimum absolute atomic E-state index is 0.177. The monoisotopic (exact) mass is 166 g/mol. The third kappa shape index (κ3) is 1.30. The number of carbonyl (C=O) groups excluding carboxylic acids is 1. The topological polar surface area (TPSA) is 17.1 Å². The fourth-order valence-electron chi connectivity index (χ4n) is 2.91. The van der Waals surface area contributed by atoms with Crippen molar-refractivity contribution in [1.29, 1.82) is 0 Å². The van der Waals surface area contributed by atoms with Gasteiger partial charge in [0.15, 0.2) is 0 Å². The van der Waals surface area contributed by atoms with Crippen LogP contribution in [0.3, 0.4) is 0 Å². The summed E-state index contributed by atoms with van der Waals surface area (Å²) in [6.07, 6.45) is 10.8. The summed E-state index contributed by atoms with van der Waals surface area (Å²) in [6, 6.07) is 0. The van der Waals surface area contributed by atoms with Gasteiger partial charge in [0.25, 0.3) is 0 Å². The zero-order valence-corrected chi connectivity index (χ0v) is 7.77. The van der Waals surface area contributed by atoms with Crippen LogP contribution in [0.15, 0.2) is 0 Å². The first kappa shape index (κ1) is 8.28. The molecule has 2 rings (SSSR count). The molecule has 0 radical (unpaired) electrons. The van der Waals surface area contributed by atoms with Gasteiger partial charge in [0, 0.05) is 11.8 Å². The van der Waals surface area contributed by atoms with Crippen LogP contribution in [0.5, 0.6) is 0 Å². The molecule has 2 aliphatic carbocycles. The van der Waals surface area contributed by atoms with E-state index in [0.29, 0.717) is 5.78 Å². The lowest BCUT2D eigenvalue weighted by Gasteiger charge is -2.24. The first-order chi connectivity index (χ1) is 5.83. The van der Waals surface area contributed by atoms with Gasteiger partial charge in [-0.2, -0.15) is 0 Å². The lowest BCUT2D eigenvalue weighted by atomic mass is 9.78. The number of hydrogen-bond acceptors (Lipinski definition) is 1. The van der Waals surface area contributed by atoms with E-state index in [2.05, 4.69) is 0 Å². The SMILES string of the molecule is O=C1CCCCCC12CCCC2. The lowest BCUT2D eigenvalue weighted by Crippen LogP contribution is -2.26. The van der Waals surface area contributed by atoms with E-state index in [0.717, 1.165) is 12.8 Å². The molecule has 0 amide bonds. The Morgan fingerprint density at radius 1 is 0.833 bits per heavy atom. The molecule has 2 fully saturated rings. The Balaban J connectivity index is 2.13. The molecule has 1 nitrogen and oxygen atoms in total. The lowest BCUT2D eigenvalue weighted by molar-refractivity contribution is -0.128. The van der Waals surface area contributed by atoms with Gasteiger partial charge in [-0.15, -0.1) is 0 Å².